The number of benzene rings is 3. The molecular weight excluding hydrogens is 568 g/mol. The fraction of sp³-hybridized carbons (Fsp3) is 0.179. The van der Waals surface area contributed by atoms with E-state index in [2.05, 4.69) is 25.2 Å². The number of H-pyrrole nitrogens is 1. The molecule has 3 N–H and O–H groups in total. The Balaban J connectivity index is 1.40. The van der Waals surface area contributed by atoms with Gasteiger partial charge in [-0.1, -0.05) is 41.6 Å². The molecule has 1 amide bonds. The second kappa shape index (κ2) is 11.5. The first kappa shape index (κ1) is 27.9. The molecule has 0 aliphatic rings. The summed E-state index contributed by atoms with van der Waals surface area (Å²) in [5, 5.41) is 13.4. The summed E-state index contributed by atoms with van der Waals surface area (Å²) in [6.45, 7) is 5.28. The second-order valence-electron chi connectivity index (χ2n) is 9.42. The number of para-hydroxylation sites is 1. The molecular formula is C28H27ClN6O3S2. The zero-order chi connectivity index (χ0) is 28.4. The summed E-state index contributed by atoms with van der Waals surface area (Å²) in [5.41, 5.74) is 3.14. The molecule has 0 radical (unpaired) electrons. The molecule has 5 aromatic rings. The van der Waals surface area contributed by atoms with Crippen molar-refractivity contribution in [3.8, 4) is 17.1 Å². The minimum absolute atomic E-state index is 0.127. The topological polar surface area (TPSA) is 122 Å². The van der Waals surface area contributed by atoms with Gasteiger partial charge >= 0.3 is 0 Å². The number of halogens is 1. The highest BCUT2D eigenvalue weighted by Crippen LogP contribution is 2.34. The first-order chi connectivity index (χ1) is 19.1. The summed E-state index contributed by atoms with van der Waals surface area (Å²) in [6, 6.07) is 21.1. The maximum Gasteiger partial charge on any atom is 0.240 e. The van der Waals surface area contributed by atoms with Crippen LogP contribution in [0.4, 0.5) is 5.69 Å². The van der Waals surface area contributed by atoms with Crippen molar-refractivity contribution in [3.05, 3.63) is 84.0 Å². The van der Waals surface area contributed by atoms with Crippen LogP contribution in [0.5, 0.6) is 0 Å². The Morgan fingerprint density at radius 1 is 0.975 bits per heavy atom. The molecule has 9 nitrogen and oxygen atoms in total. The van der Waals surface area contributed by atoms with Crippen LogP contribution in [0.3, 0.4) is 0 Å². The minimum Gasteiger partial charge on any atom is -0.360 e. The van der Waals surface area contributed by atoms with E-state index in [-0.39, 0.29) is 16.8 Å². The van der Waals surface area contributed by atoms with E-state index >= 15 is 0 Å². The molecule has 2 heterocycles. The van der Waals surface area contributed by atoms with Crippen LogP contribution in [0.1, 0.15) is 20.8 Å². The highest BCUT2D eigenvalue weighted by molar-refractivity contribution is 8.00. The van der Waals surface area contributed by atoms with Gasteiger partial charge in [0.25, 0.3) is 0 Å². The largest absolute Gasteiger partial charge is 0.360 e. The zero-order valence-electron chi connectivity index (χ0n) is 21.9. The number of nitrogens with one attached hydrogen (secondary N) is 3. The van der Waals surface area contributed by atoms with Crippen LogP contribution >= 0.6 is 23.4 Å². The summed E-state index contributed by atoms with van der Waals surface area (Å²) in [6.07, 6.45) is 1.90. The number of nitrogens with zero attached hydrogens (tertiary/aromatic N) is 3. The number of rotatable bonds is 9. The van der Waals surface area contributed by atoms with Gasteiger partial charge < -0.3 is 10.3 Å². The molecule has 12 heteroatoms. The van der Waals surface area contributed by atoms with Crippen LogP contribution in [0.15, 0.2) is 89.0 Å². The zero-order valence-corrected chi connectivity index (χ0v) is 24.3. The van der Waals surface area contributed by atoms with Gasteiger partial charge in [0, 0.05) is 45.1 Å². The van der Waals surface area contributed by atoms with Gasteiger partial charge in [-0.25, -0.2) is 13.1 Å². The van der Waals surface area contributed by atoms with Crippen molar-refractivity contribution in [3.63, 3.8) is 0 Å². The van der Waals surface area contributed by atoms with E-state index in [1.54, 1.807) is 45.0 Å². The number of fused-ring (bicyclic) bond motifs is 1. The Hall–Kier alpha value is -3.64. The molecule has 0 saturated heterocycles. The molecule has 2 aromatic heterocycles. The van der Waals surface area contributed by atoms with E-state index in [9.17, 15) is 13.2 Å². The van der Waals surface area contributed by atoms with E-state index < -0.39 is 15.3 Å². The number of aromatic nitrogens is 4. The molecule has 0 aliphatic heterocycles. The van der Waals surface area contributed by atoms with E-state index in [0.717, 1.165) is 22.2 Å². The first-order valence-electron chi connectivity index (χ1n) is 12.5. The summed E-state index contributed by atoms with van der Waals surface area (Å²) < 4.78 is 29.2. The Morgan fingerprint density at radius 2 is 1.68 bits per heavy atom. The number of hydrogen-bond donors (Lipinski definition) is 3. The predicted octanol–water partition coefficient (Wildman–Crippen LogP) is 5.88. The van der Waals surface area contributed by atoms with Gasteiger partial charge in [-0.3, -0.25) is 9.36 Å². The lowest BCUT2D eigenvalue weighted by molar-refractivity contribution is -0.115. The number of sulfonamides is 1. The number of thioether (sulfide) groups is 1. The van der Waals surface area contributed by atoms with E-state index in [1.165, 1.54) is 23.9 Å². The summed E-state index contributed by atoms with van der Waals surface area (Å²) in [7, 11) is -3.62. The van der Waals surface area contributed by atoms with Gasteiger partial charge in [0.1, 0.15) is 0 Å². The smallest absolute Gasteiger partial charge is 0.240 e. The van der Waals surface area contributed by atoms with Gasteiger partial charge in [-0.15, -0.1) is 10.2 Å². The SMILES string of the molecule is CC(C)NS(=O)(=O)c1ccc(NC(=O)[C@@H](C)Sc2nnc(-c3c[nH]c4ccccc34)n2-c2ccc(Cl)cc2)cc1. The van der Waals surface area contributed by atoms with Gasteiger partial charge in [-0.2, -0.15) is 0 Å². The molecule has 0 aliphatic carbocycles. The van der Waals surface area contributed by atoms with Gasteiger partial charge in [0.2, 0.25) is 15.9 Å². The lowest BCUT2D eigenvalue weighted by atomic mass is 10.1. The number of hydrogen-bond acceptors (Lipinski definition) is 6. The lowest BCUT2D eigenvalue weighted by Gasteiger charge is -2.14. The quantitative estimate of drug-likeness (QED) is 0.183. The minimum atomic E-state index is -3.62. The third-order valence-corrected chi connectivity index (χ3v) is 8.99. The van der Waals surface area contributed by atoms with Crippen molar-refractivity contribution in [2.24, 2.45) is 0 Å². The molecule has 40 heavy (non-hydrogen) atoms. The highest BCUT2D eigenvalue weighted by Gasteiger charge is 2.24. The molecule has 0 bridgehead atoms. The van der Waals surface area contributed by atoms with E-state index in [4.69, 9.17) is 11.6 Å². The number of carbonyl (C=O) groups excluding carboxylic acids is 1. The Labute approximate surface area is 241 Å². The van der Waals surface area contributed by atoms with Crippen LogP contribution in [-0.4, -0.2) is 45.4 Å². The average molecular weight is 595 g/mol. The van der Waals surface area contributed by atoms with Crippen molar-refractivity contribution >= 4 is 55.9 Å². The number of amides is 1. The second-order valence-corrected chi connectivity index (χ2v) is 12.9. The first-order valence-corrected chi connectivity index (χ1v) is 15.2. The maximum atomic E-state index is 13.1. The average Bonchev–Trinajstić information content (AvgIpc) is 3.53. The van der Waals surface area contributed by atoms with E-state index in [0.29, 0.717) is 21.7 Å². The van der Waals surface area contributed by atoms with Crippen LogP contribution in [-0.2, 0) is 14.8 Å². The molecule has 0 fully saturated rings. The van der Waals surface area contributed by atoms with Gasteiger partial charge in [-0.05, 0) is 75.4 Å². The molecule has 0 spiro atoms. The van der Waals surface area contributed by atoms with Crippen LogP contribution in [0, 0.1) is 0 Å². The summed E-state index contributed by atoms with van der Waals surface area (Å²) in [5.74, 6) is 0.363. The molecule has 1 atom stereocenters. The van der Waals surface area contributed by atoms with Crippen LogP contribution < -0.4 is 10.0 Å². The number of aromatic amines is 1. The van der Waals surface area contributed by atoms with Crippen LogP contribution in [0.2, 0.25) is 5.02 Å². The Morgan fingerprint density at radius 3 is 2.38 bits per heavy atom. The standard InChI is InChI=1S/C28H27ClN6O3S2/c1-17(2)34-40(37,38)22-14-10-20(11-15-22)31-27(36)18(3)39-28-33-32-26(35(28)21-12-8-19(29)9-13-21)24-16-30-25-7-5-4-6-23(24)25/h4-18,30,34H,1-3H3,(H,31,36)/t18-/m1/s1. The van der Waals surface area contributed by atoms with Gasteiger partial charge in [0.05, 0.1) is 10.1 Å². The molecule has 5 rings (SSSR count). The van der Waals surface area contributed by atoms with Crippen molar-refractivity contribution in [2.75, 3.05) is 5.32 Å². The maximum absolute atomic E-state index is 13.1. The monoisotopic (exact) mass is 594 g/mol. The van der Waals surface area contributed by atoms with Crippen molar-refractivity contribution < 1.29 is 13.2 Å². The van der Waals surface area contributed by atoms with E-state index in [1.807, 2.05) is 47.2 Å². The number of carbonyl (C=O) groups is 1. The molecule has 206 valence electrons. The highest BCUT2D eigenvalue weighted by atomic mass is 35.5. The fourth-order valence-electron chi connectivity index (χ4n) is 4.15. The number of anilines is 1. The van der Waals surface area contributed by atoms with Crippen molar-refractivity contribution in [1.82, 2.24) is 24.5 Å². The molecule has 0 unspecified atom stereocenters. The Kier molecular flexibility index (Phi) is 7.99. The fourth-order valence-corrected chi connectivity index (χ4v) is 6.40. The summed E-state index contributed by atoms with van der Waals surface area (Å²) in [4.78, 5) is 16.5. The van der Waals surface area contributed by atoms with Crippen molar-refractivity contribution in [1.29, 1.82) is 0 Å². The third kappa shape index (κ3) is 5.92. The summed E-state index contributed by atoms with van der Waals surface area (Å²) >= 11 is 7.41. The lowest BCUT2D eigenvalue weighted by Crippen LogP contribution is -2.30. The van der Waals surface area contributed by atoms with Crippen LogP contribution in [0.25, 0.3) is 28.0 Å². The van der Waals surface area contributed by atoms with Gasteiger partial charge in [0.15, 0.2) is 11.0 Å². The Bertz CT molecular complexity index is 1760. The molecule has 3 aromatic carbocycles. The van der Waals surface area contributed by atoms with Crippen molar-refractivity contribution in [2.45, 2.75) is 42.1 Å². The predicted molar refractivity (Wildman–Crippen MR) is 160 cm³/mol. The normalized spacial score (nSPS) is 12.6. The molecule has 0 saturated carbocycles. The third-order valence-electron chi connectivity index (χ3n) is 6.02.